The molecule has 8 nitrogen and oxygen atoms in total. The van der Waals surface area contributed by atoms with E-state index in [1.165, 1.54) is 6.07 Å². The molecule has 1 heterocycles. The molecule has 0 spiro atoms. The van der Waals surface area contributed by atoms with Crippen LogP contribution in [-0.4, -0.2) is 57.1 Å². The van der Waals surface area contributed by atoms with Crippen molar-refractivity contribution in [1.82, 2.24) is 9.88 Å². The molecule has 0 saturated heterocycles. The zero-order valence-corrected chi connectivity index (χ0v) is 20.5. The number of nitrogens with one attached hydrogen (secondary N) is 1. The molecule has 3 aromatic carbocycles. The van der Waals surface area contributed by atoms with Crippen molar-refractivity contribution in [3.63, 3.8) is 0 Å². The molecule has 0 aliphatic rings. The van der Waals surface area contributed by atoms with Crippen LogP contribution in [-0.2, 0) is 13.0 Å². The summed E-state index contributed by atoms with van der Waals surface area (Å²) in [4.78, 5) is 23.3. The number of nitrogens with zero attached hydrogens (tertiary/aromatic N) is 1. The van der Waals surface area contributed by atoms with Gasteiger partial charge in [-0.2, -0.15) is 0 Å². The lowest BCUT2D eigenvalue weighted by molar-refractivity contribution is 0.0678. The number of aromatic carboxylic acids is 2. The Bertz CT molecular complexity index is 1380. The number of aromatic nitrogens is 1. The van der Waals surface area contributed by atoms with Gasteiger partial charge in [0.2, 0.25) is 0 Å². The zero-order chi connectivity index (χ0) is 26.4. The maximum absolute atomic E-state index is 12.0. The van der Waals surface area contributed by atoms with E-state index >= 15 is 0 Å². The van der Waals surface area contributed by atoms with E-state index in [0.29, 0.717) is 24.3 Å². The van der Waals surface area contributed by atoms with E-state index in [-0.39, 0.29) is 30.5 Å². The molecule has 192 valence electrons. The number of ether oxygens (including phenoxy) is 1. The molecule has 0 radical (unpaired) electrons. The second kappa shape index (κ2) is 11.7. The number of carboxylic acid groups (broad SMARTS) is 2. The maximum Gasteiger partial charge on any atom is 0.352 e. The first kappa shape index (κ1) is 25.9. The second-order valence-corrected chi connectivity index (χ2v) is 9.11. The topological polar surface area (TPSA) is 121 Å². The maximum atomic E-state index is 12.0. The highest BCUT2D eigenvalue weighted by Crippen LogP contribution is 2.24. The van der Waals surface area contributed by atoms with Gasteiger partial charge >= 0.3 is 11.9 Å². The molecule has 2 atom stereocenters. The number of hydrogen-bond donors (Lipinski definition) is 4. The summed E-state index contributed by atoms with van der Waals surface area (Å²) in [6.45, 7) is 2.84. The van der Waals surface area contributed by atoms with Gasteiger partial charge in [-0.05, 0) is 66.9 Å². The first-order valence-corrected chi connectivity index (χ1v) is 12.1. The monoisotopic (exact) mass is 502 g/mol. The number of aliphatic hydroxyl groups is 1. The number of para-hydroxylation sites is 1. The van der Waals surface area contributed by atoms with Crippen LogP contribution < -0.4 is 10.1 Å². The molecule has 4 rings (SSSR count). The van der Waals surface area contributed by atoms with E-state index in [2.05, 4.69) is 5.32 Å². The zero-order valence-electron chi connectivity index (χ0n) is 20.5. The number of rotatable bonds is 12. The van der Waals surface area contributed by atoms with Crippen LogP contribution in [0.25, 0.3) is 10.9 Å². The third-order valence-corrected chi connectivity index (χ3v) is 6.13. The fraction of sp³-hybridized carbons (Fsp3) is 0.241. The van der Waals surface area contributed by atoms with Crippen LogP contribution in [0.5, 0.6) is 5.75 Å². The van der Waals surface area contributed by atoms with Crippen LogP contribution in [0.2, 0.25) is 0 Å². The van der Waals surface area contributed by atoms with Crippen LogP contribution in [0, 0.1) is 0 Å². The van der Waals surface area contributed by atoms with Gasteiger partial charge in [0, 0.05) is 30.0 Å². The standard InChI is InChI=1S/C29H30N2O6/c1-19(30-16-24(32)18-37-25-8-3-2-4-9-25)12-20-10-11-26-23(13-20)15-27(29(35)36)31(26)17-21-6-5-7-22(14-21)28(33)34/h2-11,13-15,19,24,30,32H,12,16-18H2,1H3,(H,33,34)(H,35,36)/t19-,24+/m1/s1. The summed E-state index contributed by atoms with van der Waals surface area (Å²) in [5, 5.41) is 33.4. The molecular formula is C29H30N2O6. The Morgan fingerprint density at radius 3 is 2.43 bits per heavy atom. The molecule has 1 aromatic heterocycles. The fourth-order valence-corrected chi connectivity index (χ4v) is 4.31. The lowest BCUT2D eigenvalue weighted by atomic mass is 10.0. The Kier molecular flexibility index (Phi) is 8.22. The summed E-state index contributed by atoms with van der Waals surface area (Å²) in [5.41, 5.74) is 2.80. The van der Waals surface area contributed by atoms with Crippen molar-refractivity contribution in [2.24, 2.45) is 0 Å². The van der Waals surface area contributed by atoms with E-state index in [4.69, 9.17) is 4.74 Å². The molecule has 0 aliphatic heterocycles. The number of fused-ring (bicyclic) bond motifs is 1. The SMILES string of the molecule is C[C@H](Cc1ccc2c(c1)cc(C(=O)O)n2Cc1cccc(C(=O)O)c1)NC[C@H](O)COc1ccccc1. The molecule has 37 heavy (non-hydrogen) atoms. The molecule has 0 bridgehead atoms. The normalized spacial score (nSPS) is 12.8. The lowest BCUT2D eigenvalue weighted by Gasteiger charge is -2.18. The van der Waals surface area contributed by atoms with Crippen molar-refractivity contribution in [2.75, 3.05) is 13.2 Å². The second-order valence-electron chi connectivity index (χ2n) is 9.11. The van der Waals surface area contributed by atoms with Gasteiger partial charge in [-0.3, -0.25) is 0 Å². The minimum atomic E-state index is -1.05. The smallest absolute Gasteiger partial charge is 0.352 e. The summed E-state index contributed by atoms with van der Waals surface area (Å²) in [5.74, 6) is -1.36. The summed E-state index contributed by atoms with van der Waals surface area (Å²) in [7, 11) is 0. The molecular weight excluding hydrogens is 472 g/mol. The van der Waals surface area contributed by atoms with E-state index in [1.54, 1.807) is 28.8 Å². The van der Waals surface area contributed by atoms with E-state index in [1.807, 2.05) is 55.5 Å². The summed E-state index contributed by atoms with van der Waals surface area (Å²) < 4.78 is 7.28. The Morgan fingerprint density at radius 2 is 1.70 bits per heavy atom. The molecule has 0 saturated carbocycles. The van der Waals surface area contributed by atoms with Gasteiger partial charge in [0.1, 0.15) is 24.2 Å². The lowest BCUT2D eigenvalue weighted by Crippen LogP contribution is -2.37. The Labute approximate surface area is 214 Å². The fourth-order valence-electron chi connectivity index (χ4n) is 4.31. The van der Waals surface area contributed by atoms with Crippen molar-refractivity contribution < 1.29 is 29.6 Å². The minimum absolute atomic E-state index is 0.0728. The van der Waals surface area contributed by atoms with Gasteiger partial charge in [-0.25, -0.2) is 9.59 Å². The van der Waals surface area contributed by atoms with Crippen molar-refractivity contribution in [1.29, 1.82) is 0 Å². The molecule has 0 aliphatic carbocycles. The van der Waals surface area contributed by atoms with Crippen molar-refractivity contribution in [3.05, 3.63) is 101 Å². The quantitative estimate of drug-likeness (QED) is 0.231. The number of carboxylic acids is 2. The Balaban J connectivity index is 1.41. The first-order valence-electron chi connectivity index (χ1n) is 12.1. The minimum Gasteiger partial charge on any atom is -0.491 e. The summed E-state index contributed by atoms with van der Waals surface area (Å²) >= 11 is 0. The average Bonchev–Trinajstić information content (AvgIpc) is 3.24. The largest absolute Gasteiger partial charge is 0.491 e. The predicted molar refractivity (Wildman–Crippen MR) is 141 cm³/mol. The van der Waals surface area contributed by atoms with Gasteiger partial charge in [-0.1, -0.05) is 36.4 Å². The van der Waals surface area contributed by atoms with Crippen molar-refractivity contribution in [2.45, 2.75) is 32.0 Å². The first-order chi connectivity index (χ1) is 17.8. The van der Waals surface area contributed by atoms with E-state index in [9.17, 15) is 24.9 Å². The molecule has 4 aromatic rings. The molecule has 8 heteroatoms. The van der Waals surface area contributed by atoms with Gasteiger partial charge < -0.3 is 29.9 Å². The van der Waals surface area contributed by atoms with Crippen LogP contribution >= 0.6 is 0 Å². The van der Waals surface area contributed by atoms with Gasteiger partial charge in [0.15, 0.2) is 0 Å². The molecule has 4 N–H and O–H groups in total. The molecule has 0 fully saturated rings. The Hall–Kier alpha value is -4.14. The van der Waals surface area contributed by atoms with Gasteiger partial charge in [0.25, 0.3) is 0 Å². The number of benzene rings is 3. The van der Waals surface area contributed by atoms with Crippen LogP contribution in [0.1, 0.15) is 38.9 Å². The number of hydrogen-bond acceptors (Lipinski definition) is 5. The van der Waals surface area contributed by atoms with Crippen molar-refractivity contribution >= 4 is 22.8 Å². The predicted octanol–water partition coefficient (Wildman–Crippen LogP) is 4.05. The number of aliphatic hydroxyl groups excluding tert-OH is 1. The molecule has 0 amide bonds. The van der Waals surface area contributed by atoms with E-state index in [0.717, 1.165) is 16.5 Å². The third kappa shape index (κ3) is 6.75. The van der Waals surface area contributed by atoms with Crippen LogP contribution in [0.15, 0.2) is 78.9 Å². The Morgan fingerprint density at radius 1 is 0.919 bits per heavy atom. The van der Waals surface area contributed by atoms with Crippen LogP contribution in [0.3, 0.4) is 0 Å². The highest BCUT2D eigenvalue weighted by atomic mass is 16.5. The van der Waals surface area contributed by atoms with Gasteiger partial charge in [-0.15, -0.1) is 0 Å². The third-order valence-electron chi connectivity index (χ3n) is 6.13. The molecule has 0 unspecified atom stereocenters. The highest BCUT2D eigenvalue weighted by molar-refractivity contribution is 5.95. The van der Waals surface area contributed by atoms with Crippen LogP contribution in [0.4, 0.5) is 0 Å². The van der Waals surface area contributed by atoms with E-state index < -0.39 is 18.0 Å². The highest BCUT2D eigenvalue weighted by Gasteiger charge is 2.17. The summed E-state index contributed by atoms with van der Waals surface area (Å²) in [6.07, 6.45) is 0.0353. The number of carbonyl (C=O) groups is 2. The van der Waals surface area contributed by atoms with Gasteiger partial charge in [0.05, 0.1) is 5.56 Å². The summed E-state index contributed by atoms with van der Waals surface area (Å²) in [6, 6.07) is 23.4. The average molecular weight is 503 g/mol. The van der Waals surface area contributed by atoms with Crippen molar-refractivity contribution in [3.8, 4) is 5.75 Å².